The minimum Gasteiger partial charge on any atom is -0.497 e. The van der Waals surface area contributed by atoms with Crippen molar-refractivity contribution < 1.29 is 47.6 Å². The molecule has 1 aromatic heterocycles. The number of carbonyl (C=O) groups excluding carboxylic acids is 3. The third-order valence-electron chi connectivity index (χ3n) is 13.7. The van der Waals surface area contributed by atoms with Crippen molar-refractivity contribution in [3.05, 3.63) is 242 Å². The Bertz CT molecular complexity index is 3480. The molecule has 7 aromatic carbocycles. The molecule has 1 fully saturated rings. The van der Waals surface area contributed by atoms with Crippen LogP contribution in [0, 0.1) is 0 Å². The van der Waals surface area contributed by atoms with Gasteiger partial charge in [-0.3, -0.25) is 14.5 Å². The van der Waals surface area contributed by atoms with Crippen molar-refractivity contribution in [1.29, 1.82) is 0 Å². The van der Waals surface area contributed by atoms with E-state index in [0.717, 1.165) is 33.4 Å². The van der Waals surface area contributed by atoms with Crippen LogP contribution in [-0.4, -0.2) is 77.8 Å². The lowest BCUT2D eigenvalue weighted by Gasteiger charge is -2.49. The van der Waals surface area contributed by atoms with E-state index >= 15 is 0 Å². The number of amides is 2. The largest absolute Gasteiger partial charge is 0.497 e. The maximum absolute atomic E-state index is 14.9. The van der Waals surface area contributed by atoms with Crippen molar-refractivity contribution >= 4 is 74.9 Å². The van der Waals surface area contributed by atoms with Gasteiger partial charge < -0.3 is 43.9 Å². The van der Waals surface area contributed by atoms with Crippen LogP contribution in [0.3, 0.4) is 0 Å². The lowest BCUT2D eigenvalue weighted by molar-refractivity contribution is -0.153. The molecule has 0 radical (unpaired) electrons. The number of ether oxygens (including phenoxy) is 6. The minimum absolute atomic E-state index is 0.0122. The fraction of sp³-hybridized carbons (Fsp3) is 0.190. The average Bonchev–Trinajstić information content (AvgIpc) is 3.49. The van der Waals surface area contributed by atoms with Gasteiger partial charge in [0.15, 0.2) is 22.3 Å². The Morgan fingerprint density at radius 2 is 1.21 bits per heavy atom. The molecule has 82 heavy (non-hydrogen) atoms. The average molecular weight is 1180 g/mol. The number of carbonyl (C=O) groups is 3. The number of anilines is 1. The lowest BCUT2D eigenvalue weighted by atomic mass is 9.77. The van der Waals surface area contributed by atoms with E-state index in [1.807, 2.05) is 103 Å². The highest BCUT2D eigenvalue weighted by Gasteiger charge is 2.55. The Balaban J connectivity index is 0.953. The number of halogens is 2. The number of fused-ring (bicyclic) bond motifs is 1. The minimum atomic E-state index is -1.08. The molecule has 0 spiro atoms. The zero-order valence-corrected chi connectivity index (χ0v) is 47.9. The molecule has 0 aliphatic carbocycles. The van der Waals surface area contributed by atoms with Crippen LogP contribution in [-0.2, 0) is 55.9 Å². The van der Waals surface area contributed by atoms with Gasteiger partial charge in [0.2, 0.25) is 0 Å². The van der Waals surface area contributed by atoms with E-state index in [9.17, 15) is 14.4 Å². The van der Waals surface area contributed by atoms with Crippen molar-refractivity contribution in [2.75, 3.05) is 38.3 Å². The van der Waals surface area contributed by atoms with E-state index in [-0.39, 0.29) is 60.2 Å². The summed E-state index contributed by atoms with van der Waals surface area (Å²) in [5.74, 6) is 0.994. The van der Waals surface area contributed by atoms with Gasteiger partial charge in [-0.05, 0) is 81.4 Å². The molecule has 2 N–H and O–H groups in total. The van der Waals surface area contributed by atoms with Gasteiger partial charge >= 0.3 is 5.97 Å². The van der Waals surface area contributed by atoms with Crippen LogP contribution in [0.2, 0.25) is 5.02 Å². The summed E-state index contributed by atoms with van der Waals surface area (Å²) in [5, 5.41) is 12.8. The molecule has 0 bridgehead atoms. The lowest BCUT2D eigenvalue weighted by Crippen LogP contribution is -2.71. The summed E-state index contributed by atoms with van der Waals surface area (Å²) < 4.78 is 34.4. The standard InChI is InChI=1S/C63H55Cl2N5O10S2/c1-74-48-26-19-40(20-27-48)34-77-52-32-25-43(53(65)57(52)78-35-41-21-28-49(75-2)29-22-41)37-80-69-54(51-39-82-62(66-51)68-63(45-13-7-4-8-14-45,46-15-9-5-10-16-46)47-17-11-6-12-18-47)58(71)67-55-59(72)70-56(44(33-64)38-81-60(55)70)61(73)79-36-42-23-30-50(76-3)31-24-42/h4-32,39,55,60H,33-38H2,1-3H3,(H,66,68)(H,67,71)/b69-54-/t55?,60-/m0/s1. The molecule has 418 valence electrons. The number of methoxy groups -OCH3 is 3. The fourth-order valence-corrected chi connectivity index (χ4v) is 12.1. The second kappa shape index (κ2) is 26.4. The SMILES string of the molecule is COc1ccc(COC(=O)C2=C(CCl)CS[C@H]3C(NC(=O)/C(=N\OCc4ccc(OCc5ccc(OC)cc5)c(OCc5ccc(OC)cc5)c4Cl)c4csc(NC(c5ccccc5)(c5ccccc5)c5ccccc5)n4)C(=O)N23)cc1. The normalized spacial score (nSPS) is 14.9. The highest BCUT2D eigenvalue weighted by molar-refractivity contribution is 8.00. The molecule has 2 aliphatic heterocycles. The molecule has 2 atom stereocenters. The number of hydrogen-bond donors (Lipinski definition) is 2. The zero-order valence-electron chi connectivity index (χ0n) is 44.7. The predicted molar refractivity (Wildman–Crippen MR) is 318 cm³/mol. The molecule has 15 nitrogen and oxygen atoms in total. The van der Waals surface area contributed by atoms with E-state index < -0.39 is 34.7 Å². The van der Waals surface area contributed by atoms with Gasteiger partial charge in [-0.2, -0.15) is 0 Å². The Morgan fingerprint density at radius 1 is 0.683 bits per heavy atom. The first-order chi connectivity index (χ1) is 40.1. The molecule has 3 heterocycles. The topological polar surface area (TPSA) is 168 Å². The zero-order chi connectivity index (χ0) is 57.0. The molecule has 1 saturated heterocycles. The first-order valence-corrected chi connectivity index (χ1v) is 28.7. The number of thioether (sulfide) groups is 1. The van der Waals surface area contributed by atoms with E-state index in [2.05, 4.69) is 52.2 Å². The van der Waals surface area contributed by atoms with Crippen molar-refractivity contribution in [2.45, 2.75) is 43.4 Å². The molecule has 10 rings (SSSR count). The summed E-state index contributed by atoms with van der Waals surface area (Å²) in [6.45, 7) is 0.0548. The second-order valence-electron chi connectivity index (χ2n) is 18.7. The van der Waals surface area contributed by atoms with E-state index in [0.29, 0.717) is 45.0 Å². The molecule has 2 amide bonds. The number of hydrogen-bond acceptors (Lipinski definition) is 15. The van der Waals surface area contributed by atoms with Crippen LogP contribution in [0.1, 0.15) is 44.6 Å². The number of benzene rings is 7. The molecule has 8 aromatic rings. The van der Waals surface area contributed by atoms with Crippen LogP contribution in [0.25, 0.3) is 0 Å². The van der Waals surface area contributed by atoms with Crippen LogP contribution < -0.4 is 34.3 Å². The molecule has 19 heteroatoms. The van der Waals surface area contributed by atoms with Gasteiger partial charge in [-0.25, -0.2) is 9.78 Å². The number of rotatable bonds is 24. The van der Waals surface area contributed by atoms with Gasteiger partial charge in [0.05, 0.1) is 26.4 Å². The summed E-state index contributed by atoms with van der Waals surface area (Å²) in [6, 6.07) is 54.5. The highest BCUT2D eigenvalue weighted by atomic mass is 35.5. The third kappa shape index (κ3) is 12.5. The van der Waals surface area contributed by atoms with Gasteiger partial charge in [0, 0.05) is 22.6 Å². The number of esters is 1. The Labute approximate surface area is 492 Å². The van der Waals surface area contributed by atoms with Crippen molar-refractivity contribution in [3.63, 3.8) is 0 Å². The van der Waals surface area contributed by atoms with Crippen LogP contribution in [0.15, 0.2) is 198 Å². The maximum atomic E-state index is 14.9. The number of oxime groups is 1. The number of β-lactam (4-membered cyclic amide) rings is 1. The second-order valence-corrected chi connectivity index (χ2v) is 21.3. The number of aromatic nitrogens is 1. The number of nitrogens with one attached hydrogen (secondary N) is 2. The molecule has 0 saturated carbocycles. The van der Waals surface area contributed by atoms with E-state index in [1.165, 1.54) is 28.0 Å². The van der Waals surface area contributed by atoms with Gasteiger partial charge in [-0.1, -0.05) is 150 Å². The van der Waals surface area contributed by atoms with Gasteiger partial charge in [0.25, 0.3) is 11.8 Å². The summed E-state index contributed by atoms with van der Waals surface area (Å²) in [4.78, 5) is 55.4. The van der Waals surface area contributed by atoms with Gasteiger partial charge in [0.1, 0.15) is 72.0 Å². The summed E-state index contributed by atoms with van der Waals surface area (Å²) >= 11 is 16.2. The van der Waals surface area contributed by atoms with Crippen LogP contribution in [0.4, 0.5) is 5.13 Å². The molecule has 1 unspecified atom stereocenters. The smallest absolute Gasteiger partial charge is 0.355 e. The monoisotopic (exact) mass is 1180 g/mol. The third-order valence-corrected chi connectivity index (χ3v) is 16.5. The first-order valence-electron chi connectivity index (χ1n) is 25.9. The highest BCUT2D eigenvalue weighted by Crippen LogP contribution is 2.44. The van der Waals surface area contributed by atoms with E-state index in [1.54, 1.807) is 63.1 Å². The first kappa shape index (κ1) is 56.8. The van der Waals surface area contributed by atoms with Crippen LogP contribution >= 0.6 is 46.3 Å². The molecular formula is C63H55Cl2N5O10S2. The van der Waals surface area contributed by atoms with Crippen LogP contribution in [0.5, 0.6) is 28.7 Å². The van der Waals surface area contributed by atoms with Crippen molar-refractivity contribution in [3.8, 4) is 28.7 Å². The van der Waals surface area contributed by atoms with E-state index in [4.69, 9.17) is 61.4 Å². The van der Waals surface area contributed by atoms with Crippen molar-refractivity contribution in [2.24, 2.45) is 5.16 Å². The summed E-state index contributed by atoms with van der Waals surface area (Å²) in [6.07, 6.45) is 0. The number of nitrogens with zero attached hydrogens (tertiary/aromatic N) is 3. The summed E-state index contributed by atoms with van der Waals surface area (Å²) in [5.41, 5.74) is 5.28. The fourth-order valence-electron chi connectivity index (χ4n) is 9.37. The Morgan fingerprint density at radius 3 is 1.73 bits per heavy atom. The quantitative estimate of drug-likeness (QED) is 0.0147. The predicted octanol–water partition coefficient (Wildman–Crippen LogP) is 11.9. The maximum Gasteiger partial charge on any atom is 0.355 e. The molecular weight excluding hydrogens is 1120 g/mol. The van der Waals surface area contributed by atoms with Gasteiger partial charge in [-0.15, -0.1) is 34.7 Å². The summed E-state index contributed by atoms with van der Waals surface area (Å²) in [7, 11) is 4.77. The Kier molecular flexibility index (Phi) is 18.3. The Hall–Kier alpha value is -8.48. The van der Waals surface area contributed by atoms with Crippen molar-refractivity contribution in [1.82, 2.24) is 15.2 Å². The number of alkyl halides is 1. The number of thiazole rings is 1. The molecule has 2 aliphatic rings.